The minimum atomic E-state index is -3.63. The first-order chi connectivity index (χ1) is 10.1. The van der Waals surface area contributed by atoms with Gasteiger partial charge in [-0.15, -0.1) is 0 Å². The van der Waals surface area contributed by atoms with Gasteiger partial charge in [-0.05, 0) is 18.2 Å². The molecule has 6 heteroatoms. The smallest absolute Gasteiger partial charge is 0.283 e. The fourth-order valence-corrected chi connectivity index (χ4v) is 4.13. The second kappa shape index (κ2) is 4.19. The Labute approximate surface area is 126 Å². The molecular weight excluding hydrogens is 308 g/mol. The van der Waals surface area contributed by atoms with Crippen LogP contribution in [0, 0.1) is 0 Å². The molecule has 4 rings (SSSR count). The van der Waals surface area contributed by atoms with Crippen molar-refractivity contribution in [1.82, 2.24) is 4.98 Å². The third-order valence-corrected chi connectivity index (χ3v) is 5.19. The summed E-state index contributed by atoms with van der Waals surface area (Å²) in [5, 5.41) is 1.35. The first-order valence-corrected chi connectivity index (χ1v) is 8.10. The minimum Gasteiger partial charge on any atom is -0.360 e. The zero-order chi connectivity index (χ0) is 14.6. The number of H-pyrrole nitrogens is 1. The summed E-state index contributed by atoms with van der Waals surface area (Å²) in [6, 6.07) is 12.3. The molecule has 1 aliphatic heterocycles. The number of aromatic amines is 1. The van der Waals surface area contributed by atoms with Crippen LogP contribution in [-0.2, 0) is 10.0 Å². The van der Waals surface area contributed by atoms with E-state index in [-0.39, 0.29) is 4.90 Å². The highest BCUT2D eigenvalue weighted by Gasteiger charge is 2.30. The Bertz CT molecular complexity index is 1020. The van der Waals surface area contributed by atoms with Crippen LogP contribution < -0.4 is 0 Å². The van der Waals surface area contributed by atoms with E-state index in [1.54, 1.807) is 36.5 Å². The molecule has 104 valence electrons. The van der Waals surface area contributed by atoms with Gasteiger partial charge in [-0.3, -0.25) is 0 Å². The van der Waals surface area contributed by atoms with Gasteiger partial charge in [0.05, 0.1) is 15.6 Å². The summed E-state index contributed by atoms with van der Waals surface area (Å²) in [5.74, 6) is 0. The van der Waals surface area contributed by atoms with Crippen LogP contribution in [-0.4, -0.2) is 19.1 Å². The lowest BCUT2D eigenvalue weighted by Crippen LogP contribution is -1.99. The van der Waals surface area contributed by atoms with E-state index in [1.165, 1.54) is 0 Å². The molecule has 0 aliphatic carbocycles. The van der Waals surface area contributed by atoms with Crippen LogP contribution in [0.2, 0.25) is 5.02 Å². The lowest BCUT2D eigenvalue weighted by Gasteiger charge is -2.02. The predicted molar refractivity (Wildman–Crippen MR) is 82.6 cm³/mol. The summed E-state index contributed by atoms with van der Waals surface area (Å²) in [6.45, 7) is 0. The van der Waals surface area contributed by atoms with E-state index < -0.39 is 10.0 Å². The molecule has 4 nitrogen and oxygen atoms in total. The second-order valence-corrected chi connectivity index (χ2v) is 6.76. The molecule has 0 bridgehead atoms. The lowest BCUT2D eigenvalue weighted by molar-refractivity contribution is 0.599. The molecule has 1 aromatic heterocycles. The fourth-order valence-electron chi connectivity index (χ4n) is 2.63. The fraction of sp³-hybridized carbons (Fsp3) is 0. The molecule has 2 aromatic carbocycles. The third-order valence-electron chi connectivity index (χ3n) is 3.54. The maximum Gasteiger partial charge on any atom is 0.283 e. The Balaban J connectivity index is 2.08. The molecule has 0 spiro atoms. The number of benzene rings is 2. The first kappa shape index (κ1) is 12.6. The lowest BCUT2D eigenvalue weighted by atomic mass is 10.0. The van der Waals surface area contributed by atoms with E-state index in [4.69, 9.17) is 11.6 Å². The number of fused-ring (bicyclic) bond motifs is 2. The van der Waals surface area contributed by atoms with E-state index in [1.807, 2.05) is 12.1 Å². The number of sulfonamides is 1. The molecule has 0 radical (unpaired) electrons. The number of halogens is 1. The summed E-state index contributed by atoms with van der Waals surface area (Å²) in [5.41, 5.74) is 2.59. The van der Waals surface area contributed by atoms with Crippen molar-refractivity contribution in [3.63, 3.8) is 0 Å². The van der Waals surface area contributed by atoms with Crippen LogP contribution >= 0.6 is 11.6 Å². The van der Waals surface area contributed by atoms with Gasteiger partial charge >= 0.3 is 0 Å². The van der Waals surface area contributed by atoms with Gasteiger partial charge in [-0.2, -0.15) is 12.8 Å². The zero-order valence-corrected chi connectivity index (χ0v) is 12.2. The molecule has 3 aromatic rings. The molecule has 0 unspecified atom stereocenters. The van der Waals surface area contributed by atoms with Crippen molar-refractivity contribution in [2.24, 2.45) is 4.40 Å². The van der Waals surface area contributed by atoms with E-state index in [2.05, 4.69) is 9.38 Å². The second-order valence-electron chi connectivity index (χ2n) is 4.78. The normalized spacial score (nSPS) is 16.0. The Hall–Kier alpha value is -2.11. The average Bonchev–Trinajstić information content (AvgIpc) is 3.00. The van der Waals surface area contributed by atoms with Gasteiger partial charge < -0.3 is 4.98 Å². The quantitative estimate of drug-likeness (QED) is 0.748. The van der Waals surface area contributed by atoms with Crippen LogP contribution in [0.5, 0.6) is 0 Å². The van der Waals surface area contributed by atoms with Crippen LogP contribution in [0.25, 0.3) is 10.9 Å². The van der Waals surface area contributed by atoms with Gasteiger partial charge in [0.2, 0.25) is 0 Å². The zero-order valence-electron chi connectivity index (χ0n) is 10.7. The van der Waals surface area contributed by atoms with Gasteiger partial charge in [0.1, 0.15) is 0 Å². The number of nitrogens with zero attached hydrogens (tertiary/aromatic N) is 1. The molecule has 1 aliphatic rings. The predicted octanol–water partition coefficient (Wildman–Crippen LogP) is 3.36. The maximum atomic E-state index is 12.1. The van der Waals surface area contributed by atoms with Gasteiger partial charge in [0, 0.05) is 28.2 Å². The van der Waals surface area contributed by atoms with Gasteiger partial charge in [0.25, 0.3) is 10.0 Å². The molecule has 1 N–H and O–H groups in total. The highest BCUT2D eigenvalue weighted by Crippen LogP contribution is 2.34. The monoisotopic (exact) mass is 316 g/mol. The maximum absolute atomic E-state index is 12.1. The number of aromatic nitrogens is 1. The molecule has 21 heavy (non-hydrogen) atoms. The van der Waals surface area contributed by atoms with Gasteiger partial charge in [-0.25, -0.2) is 0 Å². The van der Waals surface area contributed by atoms with Crippen molar-refractivity contribution < 1.29 is 8.42 Å². The standard InChI is InChI=1S/C15H9ClN2O2S/c16-11-5-3-6-12-14(11)10(8-17-12)15-9-4-1-2-7-13(9)21(19,20)18-15/h1-8,17H. The van der Waals surface area contributed by atoms with Crippen molar-refractivity contribution >= 4 is 38.2 Å². The minimum absolute atomic E-state index is 0.237. The molecule has 0 amide bonds. The van der Waals surface area contributed by atoms with Crippen LogP contribution in [0.1, 0.15) is 11.1 Å². The van der Waals surface area contributed by atoms with E-state index in [0.29, 0.717) is 21.9 Å². The number of rotatable bonds is 1. The van der Waals surface area contributed by atoms with Crippen molar-refractivity contribution in [1.29, 1.82) is 0 Å². The Kier molecular flexibility index (Phi) is 2.52. The number of hydrogen-bond acceptors (Lipinski definition) is 2. The summed E-state index contributed by atoms with van der Waals surface area (Å²) in [7, 11) is -3.63. The molecule has 0 saturated carbocycles. The molecule has 0 fully saturated rings. The SMILES string of the molecule is O=S1(=O)N=C(c2c[nH]c3cccc(Cl)c23)c2ccccc21. The van der Waals surface area contributed by atoms with Crippen molar-refractivity contribution in [2.45, 2.75) is 4.90 Å². The Morgan fingerprint density at radius 3 is 2.67 bits per heavy atom. The van der Waals surface area contributed by atoms with Crippen molar-refractivity contribution in [2.75, 3.05) is 0 Å². The molecule has 0 atom stereocenters. The molecule has 0 saturated heterocycles. The topological polar surface area (TPSA) is 62.3 Å². The molecule has 2 heterocycles. The van der Waals surface area contributed by atoms with Gasteiger partial charge in [-0.1, -0.05) is 35.9 Å². The van der Waals surface area contributed by atoms with E-state index in [0.717, 1.165) is 10.9 Å². The Morgan fingerprint density at radius 2 is 1.81 bits per heavy atom. The first-order valence-electron chi connectivity index (χ1n) is 6.28. The highest BCUT2D eigenvalue weighted by atomic mass is 35.5. The summed E-state index contributed by atoms with van der Waals surface area (Å²) in [4.78, 5) is 3.34. The van der Waals surface area contributed by atoms with E-state index >= 15 is 0 Å². The average molecular weight is 317 g/mol. The van der Waals surface area contributed by atoms with E-state index in [9.17, 15) is 8.42 Å². The van der Waals surface area contributed by atoms with Gasteiger partial charge in [0.15, 0.2) is 0 Å². The van der Waals surface area contributed by atoms with Crippen LogP contribution in [0.15, 0.2) is 58.0 Å². The third kappa shape index (κ3) is 1.74. The largest absolute Gasteiger partial charge is 0.360 e. The number of hydrogen-bond donors (Lipinski definition) is 1. The van der Waals surface area contributed by atoms with Crippen LogP contribution in [0.3, 0.4) is 0 Å². The summed E-state index contributed by atoms with van der Waals surface area (Å²) < 4.78 is 28.2. The molecular formula is C15H9ClN2O2S. The van der Waals surface area contributed by atoms with Crippen molar-refractivity contribution in [3.8, 4) is 0 Å². The summed E-state index contributed by atoms with van der Waals surface area (Å²) in [6.07, 6.45) is 1.74. The Morgan fingerprint density at radius 1 is 1.00 bits per heavy atom. The highest BCUT2D eigenvalue weighted by molar-refractivity contribution is 7.90. The number of nitrogens with one attached hydrogen (secondary N) is 1. The van der Waals surface area contributed by atoms with Crippen molar-refractivity contribution in [3.05, 3.63) is 64.8 Å². The van der Waals surface area contributed by atoms with Crippen LogP contribution in [0.4, 0.5) is 0 Å². The summed E-state index contributed by atoms with van der Waals surface area (Å²) >= 11 is 6.26.